The van der Waals surface area contributed by atoms with E-state index in [0.717, 1.165) is 45.4 Å². The van der Waals surface area contributed by atoms with Gasteiger partial charge in [0.2, 0.25) is 0 Å². The normalized spacial score (nSPS) is 42.0. The second-order valence-corrected chi connectivity index (χ2v) is 14.0. The van der Waals surface area contributed by atoms with Crippen molar-refractivity contribution >= 4 is 5.97 Å². The average molecular weight is 520 g/mol. The summed E-state index contributed by atoms with van der Waals surface area (Å²) in [7, 11) is 0. The lowest BCUT2D eigenvalue weighted by Crippen LogP contribution is -2.59. The minimum atomic E-state index is -0.669. The first kappa shape index (κ1) is 29.3. The number of rotatable bonds is 13. The lowest BCUT2D eigenvalue weighted by molar-refractivity contribution is -0.167. The molecule has 0 aromatic heterocycles. The first-order valence-corrected chi connectivity index (χ1v) is 15.7. The van der Waals surface area contributed by atoms with Crippen molar-refractivity contribution in [2.45, 2.75) is 116 Å². The fraction of sp³-hybridized carbons (Fsp3) is 0.968. The van der Waals surface area contributed by atoms with Crippen LogP contribution in [0.1, 0.15) is 104 Å². The molecule has 6 heteroatoms. The summed E-state index contributed by atoms with van der Waals surface area (Å²) in [5.41, 5.74) is 6.19. The molecule has 10 atom stereocenters. The maximum Gasteiger partial charge on any atom is 0.303 e. The third kappa shape index (κ3) is 6.23. The number of aliphatic hydroxyl groups is 1. The van der Waals surface area contributed by atoms with Crippen LogP contribution in [0.3, 0.4) is 0 Å². The highest BCUT2D eigenvalue weighted by Gasteiger charge is 2.62. The Hall–Kier alpha value is -0.690. The van der Waals surface area contributed by atoms with Crippen LogP contribution in [-0.2, 0) is 4.79 Å². The molecule has 37 heavy (non-hydrogen) atoms. The number of fused-ring (bicyclic) bond motifs is 5. The van der Waals surface area contributed by atoms with E-state index >= 15 is 0 Å². The van der Waals surface area contributed by atoms with Crippen molar-refractivity contribution in [1.29, 1.82) is 0 Å². The lowest BCUT2D eigenvalue weighted by Gasteiger charge is -2.62. The van der Waals surface area contributed by atoms with Crippen LogP contribution in [0.25, 0.3) is 0 Å². The van der Waals surface area contributed by atoms with E-state index in [2.05, 4.69) is 31.4 Å². The van der Waals surface area contributed by atoms with Crippen LogP contribution in [0.4, 0.5) is 0 Å². The number of hydrogen-bond donors (Lipinski definition) is 5. The van der Waals surface area contributed by atoms with Crippen molar-refractivity contribution in [3.63, 3.8) is 0 Å². The van der Waals surface area contributed by atoms with Crippen molar-refractivity contribution in [3.05, 3.63) is 0 Å². The Bertz CT molecular complexity index is 749. The predicted molar refractivity (Wildman–Crippen MR) is 150 cm³/mol. The molecule has 4 fully saturated rings. The molecule has 0 bridgehead atoms. The molecule has 6 nitrogen and oxygen atoms in total. The van der Waals surface area contributed by atoms with Gasteiger partial charge in [-0.15, -0.1) is 0 Å². The number of carboxylic acids is 1. The van der Waals surface area contributed by atoms with E-state index in [4.69, 9.17) is 5.73 Å². The molecule has 10 unspecified atom stereocenters. The highest BCUT2D eigenvalue weighted by atomic mass is 16.4. The number of aliphatic hydroxyl groups excluding tert-OH is 1. The zero-order valence-corrected chi connectivity index (χ0v) is 24.0. The monoisotopic (exact) mass is 519 g/mol. The zero-order valence-electron chi connectivity index (χ0n) is 24.0. The van der Waals surface area contributed by atoms with Crippen LogP contribution < -0.4 is 16.4 Å². The molecule has 0 heterocycles. The fourth-order valence-electron chi connectivity index (χ4n) is 9.97. The van der Waals surface area contributed by atoms with Crippen molar-refractivity contribution in [2.24, 2.45) is 52.1 Å². The molecule has 4 aliphatic carbocycles. The second kappa shape index (κ2) is 12.7. The van der Waals surface area contributed by atoms with Crippen LogP contribution in [0.15, 0.2) is 0 Å². The third-order valence-electron chi connectivity index (χ3n) is 12.0. The maximum atomic E-state index is 11.6. The molecule has 0 aliphatic heterocycles. The molecule has 6 N–H and O–H groups in total. The number of carbonyl (C=O) groups is 1. The Morgan fingerprint density at radius 1 is 0.973 bits per heavy atom. The average Bonchev–Trinajstić information content (AvgIpc) is 3.22. The summed E-state index contributed by atoms with van der Waals surface area (Å²) in [5, 5.41) is 28.2. The minimum absolute atomic E-state index is 0.169. The predicted octanol–water partition coefficient (Wildman–Crippen LogP) is 4.79. The second-order valence-electron chi connectivity index (χ2n) is 14.0. The Morgan fingerprint density at radius 3 is 2.46 bits per heavy atom. The van der Waals surface area contributed by atoms with Crippen molar-refractivity contribution in [1.82, 2.24) is 10.6 Å². The van der Waals surface area contributed by atoms with Gasteiger partial charge in [0.25, 0.3) is 0 Å². The standard InChI is InChI=1S/C31H57N3O3/c1-21(7-10-28(36)37)24-8-9-25-29-26(12-14-31(24,25)3)30(2)13-11-23(19-22(30)20-27(29)35)34-18-6-17-33-16-5-4-15-32/h21-27,29,33-35H,4-20,32H2,1-3H3,(H,36,37). The number of carboxylic acid groups (broad SMARTS) is 1. The molecule has 0 radical (unpaired) electrons. The van der Waals surface area contributed by atoms with Gasteiger partial charge < -0.3 is 26.6 Å². The summed E-state index contributed by atoms with van der Waals surface area (Å²) in [4.78, 5) is 11.2. The van der Waals surface area contributed by atoms with E-state index < -0.39 is 5.97 Å². The summed E-state index contributed by atoms with van der Waals surface area (Å²) >= 11 is 0. The van der Waals surface area contributed by atoms with E-state index in [9.17, 15) is 15.0 Å². The van der Waals surface area contributed by atoms with Gasteiger partial charge in [0, 0.05) is 12.5 Å². The van der Waals surface area contributed by atoms with E-state index in [1.54, 1.807) is 0 Å². The highest BCUT2D eigenvalue weighted by molar-refractivity contribution is 5.66. The molecule has 4 rings (SSSR count). The van der Waals surface area contributed by atoms with Gasteiger partial charge >= 0.3 is 5.97 Å². The van der Waals surface area contributed by atoms with Crippen LogP contribution in [0.5, 0.6) is 0 Å². The van der Waals surface area contributed by atoms with Gasteiger partial charge in [0.1, 0.15) is 0 Å². The lowest BCUT2D eigenvalue weighted by atomic mass is 9.43. The van der Waals surface area contributed by atoms with Crippen LogP contribution >= 0.6 is 0 Å². The number of unbranched alkanes of at least 4 members (excludes halogenated alkanes) is 1. The van der Waals surface area contributed by atoms with Crippen molar-refractivity contribution < 1.29 is 15.0 Å². The third-order valence-corrected chi connectivity index (χ3v) is 12.0. The van der Waals surface area contributed by atoms with E-state index in [-0.39, 0.29) is 17.9 Å². The molecule has 4 saturated carbocycles. The van der Waals surface area contributed by atoms with Gasteiger partial charge in [-0.1, -0.05) is 20.8 Å². The molecular weight excluding hydrogens is 462 g/mol. The SMILES string of the molecule is CC(CCC(=O)O)C1CCC2C3C(O)CC4CC(NCCCNCCCCN)CCC4(C)C3CCC12C. The molecule has 0 aromatic rings. The van der Waals surface area contributed by atoms with Gasteiger partial charge in [-0.2, -0.15) is 0 Å². The number of hydrogen-bond acceptors (Lipinski definition) is 5. The van der Waals surface area contributed by atoms with Crippen LogP contribution in [-0.4, -0.2) is 54.5 Å². The molecule has 0 saturated heterocycles. The number of nitrogens with two attached hydrogens (primary N) is 1. The quantitative estimate of drug-likeness (QED) is 0.224. The molecule has 0 aromatic carbocycles. The van der Waals surface area contributed by atoms with Gasteiger partial charge in [-0.05, 0) is 150 Å². The topological polar surface area (TPSA) is 108 Å². The molecule has 0 amide bonds. The van der Waals surface area contributed by atoms with Gasteiger partial charge in [-0.3, -0.25) is 4.79 Å². The van der Waals surface area contributed by atoms with E-state index in [0.29, 0.717) is 47.0 Å². The smallest absolute Gasteiger partial charge is 0.303 e. The molecular formula is C31H57N3O3. The van der Waals surface area contributed by atoms with Crippen LogP contribution in [0, 0.1) is 46.3 Å². The molecule has 214 valence electrons. The Morgan fingerprint density at radius 2 is 1.70 bits per heavy atom. The van der Waals surface area contributed by atoms with Crippen molar-refractivity contribution in [3.8, 4) is 0 Å². The maximum absolute atomic E-state index is 11.6. The van der Waals surface area contributed by atoms with Crippen LogP contribution in [0.2, 0.25) is 0 Å². The van der Waals surface area contributed by atoms with E-state index in [1.807, 2.05) is 0 Å². The number of aliphatic carboxylic acids is 1. The Labute approximate surface area is 226 Å². The first-order valence-electron chi connectivity index (χ1n) is 15.7. The molecule has 4 aliphatic rings. The van der Waals surface area contributed by atoms with Gasteiger partial charge in [0.15, 0.2) is 0 Å². The fourth-order valence-corrected chi connectivity index (χ4v) is 9.97. The summed E-state index contributed by atoms with van der Waals surface area (Å²) in [6, 6.07) is 0.596. The summed E-state index contributed by atoms with van der Waals surface area (Å²) < 4.78 is 0. The largest absolute Gasteiger partial charge is 0.481 e. The minimum Gasteiger partial charge on any atom is -0.481 e. The summed E-state index contributed by atoms with van der Waals surface area (Å²) in [5.74, 6) is 2.69. The first-order chi connectivity index (χ1) is 17.7. The Kier molecular flexibility index (Phi) is 10.0. The van der Waals surface area contributed by atoms with Crippen molar-refractivity contribution in [2.75, 3.05) is 26.2 Å². The van der Waals surface area contributed by atoms with Gasteiger partial charge in [-0.25, -0.2) is 0 Å². The van der Waals surface area contributed by atoms with Gasteiger partial charge in [0.05, 0.1) is 6.10 Å². The molecule has 0 spiro atoms. The summed E-state index contributed by atoms with van der Waals surface area (Å²) in [6.45, 7) is 11.4. The number of nitrogens with one attached hydrogen (secondary N) is 2. The summed E-state index contributed by atoms with van der Waals surface area (Å²) in [6.07, 6.45) is 14.1. The van der Waals surface area contributed by atoms with E-state index in [1.165, 1.54) is 57.8 Å². The Balaban J connectivity index is 1.31. The zero-order chi connectivity index (χ0) is 26.6. The highest BCUT2D eigenvalue weighted by Crippen LogP contribution is 2.68.